The largest absolute Gasteiger partial charge is 0.481 e. The summed E-state index contributed by atoms with van der Waals surface area (Å²) < 4.78 is 10.5. The monoisotopic (exact) mass is 331 g/mol. The second kappa shape index (κ2) is 8.86. The molecule has 0 saturated carbocycles. The van der Waals surface area contributed by atoms with E-state index in [0.29, 0.717) is 13.0 Å². The third-order valence-corrected chi connectivity index (χ3v) is 2.41. The van der Waals surface area contributed by atoms with Gasteiger partial charge in [0.2, 0.25) is 0 Å². The molecule has 0 rings (SSSR count). The zero-order valence-electron chi connectivity index (χ0n) is 15.0. The molecule has 0 radical (unpaired) electrons. The molecule has 7 nitrogen and oxygen atoms in total. The molecule has 0 heterocycles. The van der Waals surface area contributed by atoms with E-state index in [9.17, 15) is 14.4 Å². The minimum Gasteiger partial charge on any atom is -0.481 e. The molecule has 0 aromatic carbocycles. The van der Waals surface area contributed by atoms with Crippen LogP contribution >= 0.6 is 0 Å². The summed E-state index contributed by atoms with van der Waals surface area (Å²) in [6, 6.07) is 0. The lowest BCUT2D eigenvalue weighted by atomic mass is 10.2. The van der Waals surface area contributed by atoms with E-state index in [4.69, 9.17) is 14.6 Å². The molecule has 0 spiro atoms. The van der Waals surface area contributed by atoms with Crippen molar-refractivity contribution < 1.29 is 29.0 Å². The van der Waals surface area contributed by atoms with Crippen LogP contribution in [0, 0.1) is 0 Å². The Labute approximate surface area is 137 Å². The van der Waals surface area contributed by atoms with Crippen molar-refractivity contribution in [3.8, 4) is 0 Å². The summed E-state index contributed by atoms with van der Waals surface area (Å²) in [7, 11) is 0. The molecule has 0 aromatic rings. The van der Waals surface area contributed by atoms with Crippen LogP contribution in [0.1, 0.15) is 54.4 Å². The Morgan fingerprint density at radius 3 is 1.57 bits per heavy atom. The number of carboxylic acids is 1. The first-order valence-electron chi connectivity index (χ1n) is 7.66. The van der Waals surface area contributed by atoms with E-state index in [1.165, 1.54) is 0 Å². The van der Waals surface area contributed by atoms with E-state index >= 15 is 0 Å². The summed E-state index contributed by atoms with van der Waals surface area (Å²) in [5, 5.41) is 8.69. The Kier molecular flexibility index (Phi) is 8.23. The molecule has 0 saturated heterocycles. The Bertz CT molecular complexity index is 389. The highest BCUT2D eigenvalue weighted by molar-refractivity contribution is 5.75. The van der Waals surface area contributed by atoms with Gasteiger partial charge in [-0.15, -0.1) is 0 Å². The fraction of sp³-hybridized carbons (Fsp3) is 0.812. The molecule has 23 heavy (non-hydrogen) atoms. The second-order valence-corrected chi connectivity index (χ2v) is 7.38. The maximum absolute atomic E-state index is 11.9. The summed E-state index contributed by atoms with van der Waals surface area (Å²) in [6.07, 6.45) is 0.306. The number of hydrogen-bond donors (Lipinski definition) is 1. The highest BCUT2D eigenvalue weighted by Gasteiger charge is 2.23. The van der Waals surface area contributed by atoms with Crippen molar-refractivity contribution in [3.05, 3.63) is 0 Å². The lowest BCUT2D eigenvalue weighted by Crippen LogP contribution is -2.40. The first kappa shape index (κ1) is 21.4. The molecule has 0 atom stereocenters. The first-order valence-corrected chi connectivity index (χ1v) is 7.66. The van der Waals surface area contributed by atoms with E-state index in [0.717, 1.165) is 0 Å². The average molecular weight is 331 g/mol. The molecule has 1 N–H and O–H groups in total. The molecule has 7 heteroatoms. The smallest absolute Gasteiger partial charge is 0.320 e. The van der Waals surface area contributed by atoms with Crippen LogP contribution in [0.5, 0.6) is 0 Å². The fourth-order valence-corrected chi connectivity index (χ4v) is 1.78. The van der Waals surface area contributed by atoms with Crippen LogP contribution in [0.15, 0.2) is 0 Å². The van der Waals surface area contributed by atoms with E-state index in [1.807, 2.05) is 0 Å². The van der Waals surface area contributed by atoms with Crippen LogP contribution in [0.2, 0.25) is 0 Å². The van der Waals surface area contributed by atoms with Crippen molar-refractivity contribution in [1.82, 2.24) is 4.90 Å². The number of nitrogens with zero attached hydrogens (tertiary/aromatic N) is 1. The van der Waals surface area contributed by atoms with Crippen LogP contribution < -0.4 is 0 Å². The van der Waals surface area contributed by atoms with Crippen LogP contribution in [0.25, 0.3) is 0 Å². The average Bonchev–Trinajstić information content (AvgIpc) is 2.21. The summed E-state index contributed by atoms with van der Waals surface area (Å²) in [5.41, 5.74) is -1.23. The SMILES string of the molecule is CC(C)(C)OC(=O)CN(CCCC(=O)O)CC(=O)OC(C)(C)C. The van der Waals surface area contributed by atoms with Crippen molar-refractivity contribution in [2.75, 3.05) is 19.6 Å². The van der Waals surface area contributed by atoms with E-state index in [2.05, 4.69) is 0 Å². The second-order valence-electron chi connectivity index (χ2n) is 7.38. The zero-order valence-corrected chi connectivity index (χ0v) is 15.0. The predicted octanol–water partition coefficient (Wildman–Crippen LogP) is 1.84. The van der Waals surface area contributed by atoms with Crippen molar-refractivity contribution >= 4 is 17.9 Å². The topological polar surface area (TPSA) is 93.1 Å². The van der Waals surface area contributed by atoms with Gasteiger partial charge < -0.3 is 14.6 Å². The number of carboxylic acid groups (broad SMARTS) is 1. The molecule has 0 aromatic heterocycles. The minimum absolute atomic E-state index is 0.0286. The number of hydrogen-bond acceptors (Lipinski definition) is 6. The molecule has 134 valence electrons. The number of carbonyl (C=O) groups excluding carboxylic acids is 2. The standard InChI is InChI=1S/C16H29NO6/c1-15(2,3)22-13(20)10-17(9-7-8-12(18)19)11-14(21)23-16(4,5)6/h7-11H2,1-6H3,(H,18,19). The summed E-state index contributed by atoms with van der Waals surface area (Å²) in [5.74, 6) is -1.84. The normalized spacial score (nSPS) is 12.1. The van der Waals surface area contributed by atoms with Gasteiger partial charge in [0.05, 0.1) is 13.1 Å². The van der Waals surface area contributed by atoms with Gasteiger partial charge in [-0.3, -0.25) is 19.3 Å². The lowest BCUT2D eigenvalue weighted by molar-refractivity contribution is -0.159. The molecule has 0 unspecified atom stereocenters. The van der Waals surface area contributed by atoms with Crippen LogP contribution in [0.3, 0.4) is 0 Å². The van der Waals surface area contributed by atoms with Crippen LogP contribution in [-0.2, 0) is 23.9 Å². The maximum Gasteiger partial charge on any atom is 0.320 e. The lowest BCUT2D eigenvalue weighted by Gasteiger charge is -2.26. The van der Waals surface area contributed by atoms with Crippen molar-refractivity contribution in [2.45, 2.75) is 65.6 Å². The molecule has 0 bridgehead atoms. The number of aliphatic carboxylic acids is 1. The highest BCUT2D eigenvalue weighted by Crippen LogP contribution is 2.10. The predicted molar refractivity (Wildman–Crippen MR) is 85.0 cm³/mol. The molecule has 0 aliphatic rings. The quantitative estimate of drug-likeness (QED) is 0.678. The molecule has 0 aliphatic heterocycles. The van der Waals surface area contributed by atoms with Crippen LogP contribution in [-0.4, -0.2) is 58.8 Å². The Balaban J connectivity index is 4.64. The summed E-state index contributed by atoms with van der Waals surface area (Å²) in [6.45, 7) is 10.7. The number of ether oxygens (including phenoxy) is 2. The van der Waals surface area contributed by atoms with Gasteiger partial charge in [-0.25, -0.2) is 0 Å². The third kappa shape index (κ3) is 13.7. The summed E-state index contributed by atoms with van der Waals surface area (Å²) >= 11 is 0. The van der Waals surface area contributed by atoms with Crippen LogP contribution in [0.4, 0.5) is 0 Å². The Morgan fingerprint density at radius 2 is 1.26 bits per heavy atom. The first-order chi connectivity index (χ1) is 10.3. The number of rotatable bonds is 8. The molecular formula is C16H29NO6. The third-order valence-electron chi connectivity index (χ3n) is 2.41. The van der Waals surface area contributed by atoms with Gasteiger partial charge in [-0.2, -0.15) is 0 Å². The van der Waals surface area contributed by atoms with Gasteiger partial charge in [-0.05, 0) is 54.5 Å². The van der Waals surface area contributed by atoms with Crippen molar-refractivity contribution in [2.24, 2.45) is 0 Å². The van der Waals surface area contributed by atoms with Gasteiger partial charge in [-0.1, -0.05) is 0 Å². The highest BCUT2D eigenvalue weighted by atomic mass is 16.6. The Morgan fingerprint density at radius 1 is 0.870 bits per heavy atom. The van der Waals surface area contributed by atoms with E-state index in [1.54, 1.807) is 46.4 Å². The van der Waals surface area contributed by atoms with Gasteiger partial charge in [0, 0.05) is 6.42 Å². The minimum atomic E-state index is -0.917. The van der Waals surface area contributed by atoms with E-state index < -0.39 is 29.1 Å². The fourth-order valence-electron chi connectivity index (χ4n) is 1.78. The van der Waals surface area contributed by atoms with Gasteiger partial charge in [0.25, 0.3) is 0 Å². The van der Waals surface area contributed by atoms with Gasteiger partial charge in [0.1, 0.15) is 11.2 Å². The molecule has 0 aliphatic carbocycles. The molecular weight excluding hydrogens is 302 g/mol. The molecule has 0 fully saturated rings. The number of esters is 2. The Hall–Kier alpha value is -1.63. The van der Waals surface area contributed by atoms with Crippen molar-refractivity contribution in [3.63, 3.8) is 0 Å². The van der Waals surface area contributed by atoms with Gasteiger partial charge >= 0.3 is 17.9 Å². The maximum atomic E-state index is 11.9. The molecule has 0 amide bonds. The number of carbonyl (C=O) groups is 3. The van der Waals surface area contributed by atoms with Gasteiger partial charge in [0.15, 0.2) is 0 Å². The zero-order chi connectivity index (χ0) is 18.3. The summed E-state index contributed by atoms with van der Waals surface area (Å²) in [4.78, 5) is 35.9. The van der Waals surface area contributed by atoms with Crippen molar-refractivity contribution in [1.29, 1.82) is 0 Å². The van der Waals surface area contributed by atoms with E-state index in [-0.39, 0.29) is 19.5 Å².